The quantitative estimate of drug-likeness (QED) is 0.841. The molecule has 2 heterocycles. The molecule has 25 heavy (non-hydrogen) atoms. The third-order valence-corrected chi connectivity index (χ3v) is 4.64. The first-order chi connectivity index (χ1) is 12.2. The first-order valence-corrected chi connectivity index (χ1v) is 8.80. The lowest BCUT2D eigenvalue weighted by atomic mass is 10.1. The Morgan fingerprint density at radius 2 is 2.08 bits per heavy atom. The number of hydrogen-bond acceptors (Lipinski definition) is 3. The zero-order chi connectivity index (χ0) is 17.6. The number of nitrogens with one attached hydrogen (secondary N) is 1. The summed E-state index contributed by atoms with van der Waals surface area (Å²) in [4.78, 5) is 26.3. The van der Waals surface area contributed by atoms with Gasteiger partial charge in [-0.3, -0.25) is 14.3 Å². The van der Waals surface area contributed by atoms with E-state index in [-0.39, 0.29) is 17.9 Å². The predicted molar refractivity (Wildman–Crippen MR) is 94.5 cm³/mol. The first kappa shape index (κ1) is 17.2. The van der Waals surface area contributed by atoms with Crippen LogP contribution in [0, 0.1) is 0 Å². The molecule has 0 aliphatic carbocycles. The van der Waals surface area contributed by atoms with Gasteiger partial charge in [-0.25, -0.2) is 0 Å². The molecule has 3 rings (SSSR count). The van der Waals surface area contributed by atoms with Gasteiger partial charge < -0.3 is 10.2 Å². The highest BCUT2D eigenvalue weighted by Gasteiger charge is 2.22. The lowest BCUT2D eigenvalue weighted by molar-refractivity contribution is -0.128. The molecule has 1 aliphatic rings. The summed E-state index contributed by atoms with van der Waals surface area (Å²) in [5.41, 5.74) is 2.14. The maximum atomic E-state index is 12.5. The second kappa shape index (κ2) is 7.96. The molecule has 1 aromatic carbocycles. The maximum Gasteiger partial charge on any atom is 0.245 e. The van der Waals surface area contributed by atoms with Gasteiger partial charge in [0.1, 0.15) is 6.04 Å². The van der Waals surface area contributed by atoms with Crippen molar-refractivity contribution in [2.75, 3.05) is 6.54 Å². The van der Waals surface area contributed by atoms with Crippen LogP contribution in [-0.2, 0) is 22.7 Å². The highest BCUT2D eigenvalue weighted by atomic mass is 16.2. The largest absolute Gasteiger partial charge is 0.350 e. The summed E-state index contributed by atoms with van der Waals surface area (Å²) in [5.74, 6) is 0.168. The van der Waals surface area contributed by atoms with Gasteiger partial charge in [0, 0.05) is 38.4 Å². The van der Waals surface area contributed by atoms with Gasteiger partial charge in [0.15, 0.2) is 0 Å². The molecule has 1 aromatic heterocycles. The number of rotatable bonds is 7. The highest BCUT2D eigenvalue weighted by molar-refractivity contribution is 5.80. The molecule has 1 atom stereocenters. The number of carbonyl (C=O) groups excluding carboxylic acids is 2. The summed E-state index contributed by atoms with van der Waals surface area (Å²) in [6, 6.07) is 9.48. The smallest absolute Gasteiger partial charge is 0.245 e. The topological polar surface area (TPSA) is 67.2 Å². The van der Waals surface area contributed by atoms with E-state index in [0.717, 1.165) is 24.1 Å². The number of carbonyl (C=O) groups is 2. The minimum Gasteiger partial charge on any atom is -0.350 e. The molecule has 2 aromatic rings. The number of hydrogen-bond donors (Lipinski definition) is 1. The summed E-state index contributed by atoms with van der Waals surface area (Å²) in [5, 5.41) is 7.18. The second-order valence-electron chi connectivity index (χ2n) is 6.32. The highest BCUT2D eigenvalue weighted by Crippen LogP contribution is 2.17. The maximum absolute atomic E-state index is 12.5. The van der Waals surface area contributed by atoms with Gasteiger partial charge in [-0.15, -0.1) is 0 Å². The third kappa shape index (κ3) is 4.07. The molecule has 2 amide bonds. The van der Waals surface area contributed by atoms with E-state index in [4.69, 9.17) is 0 Å². The van der Waals surface area contributed by atoms with Crippen molar-refractivity contribution in [2.24, 2.45) is 0 Å². The lowest BCUT2D eigenvalue weighted by Crippen LogP contribution is -2.32. The molecule has 0 spiro atoms. The molecule has 0 unspecified atom stereocenters. The predicted octanol–water partition coefficient (Wildman–Crippen LogP) is 2.27. The number of benzene rings is 1. The normalized spacial score (nSPS) is 15.4. The fourth-order valence-electron chi connectivity index (χ4n) is 3.22. The van der Waals surface area contributed by atoms with Crippen LogP contribution in [0.2, 0.25) is 0 Å². The van der Waals surface area contributed by atoms with Gasteiger partial charge in [-0.1, -0.05) is 31.2 Å². The Balaban J connectivity index is 1.64. The fourth-order valence-corrected chi connectivity index (χ4v) is 3.22. The van der Waals surface area contributed by atoms with Gasteiger partial charge in [0.25, 0.3) is 0 Å². The zero-order valence-corrected chi connectivity index (χ0v) is 14.5. The van der Waals surface area contributed by atoms with Crippen LogP contribution >= 0.6 is 0 Å². The molecule has 1 N–H and O–H groups in total. The molecular weight excluding hydrogens is 316 g/mol. The Labute approximate surface area is 147 Å². The van der Waals surface area contributed by atoms with E-state index in [1.807, 2.05) is 42.2 Å². The van der Waals surface area contributed by atoms with Crippen LogP contribution in [0.25, 0.3) is 0 Å². The standard InChI is InChI=1S/C19H24N4O2/c1-2-17(23-12-6-10-21-23)19(25)20-13-15-7-3-4-8-16(15)14-22-11-5-9-18(22)24/h3-4,6-8,10,12,17H,2,5,9,11,13-14H2,1H3,(H,20,25)/t17-/m0/s1. The van der Waals surface area contributed by atoms with Crippen molar-refractivity contribution < 1.29 is 9.59 Å². The van der Waals surface area contributed by atoms with E-state index in [2.05, 4.69) is 10.4 Å². The summed E-state index contributed by atoms with van der Waals surface area (Å²) in [7, 11) is 0. The molecule has 132 valence electrons. The SMILES string of the molecule is CC[C@@H](C(=O)NCc1ccccc1CN1CCCC1=O)n1cccn1. The van der Waals surface area contributed by atoms with Crippen LogP contribution in [0.15, 0.2) is 42.7 Å². The fraction of sp³-hybridized carbons (Fsp3) is 0.421. The Hall–Kier alpha value is -2.63. The molecule has 0 bridgehead atoms. The van der Waals surface area contributed by atoms with Crippen LogP contribution in [-0.4, -0.2) is 33.0 Å². The van der Waals surface area contributed by atoms with Crippen LogP contribution in [0.3, 0.4) is 0 Å². The van der Waals surface area contributed by atoms with Gasteiger partial charge in [0.2, 0.25) is 11.8 Å². The molecule has 1 fully saturated rings. The lowest BCUT2D eigenvalue weighted by Gasteiger charge is -2.19. The summed E-state index contributed by atoms with van der Waals surface area (Å²) in [6.45, 7) is 3.85. The number of nitrogens with zero attached hydrogens (tertiary/aromatic N) is 3. The number of amides is 2. The van der Waals surface area contributed by atoms with E-state index in [1.165, 1.54) is 0 Å². The Morgan fingerprint density at radius 3 is 2.72 bits per heavy atom. The minimum absolute atomic E-state index is 0.0433. The summed E-state index contributed by atoms with van der Waals surface area (Å²) in [6.07, 6.45) is 5.73. The molecule has 0 saturated carbocycles. The van der Waals surface area contributed by atoms with E-state index >= 15 is 0 Å². The van der Waals surface area contributed by atoms with Crippen LogP contribution in [0.5, 0.6) is 0 Å². The van der Waals surface area contributed by atoms with Crippen molar-refractivity contribution in [2.45, 2.75) is 45.3 Å². The number of likely N-dealkylation sites (tertiary alicyclic amines) is 1. The van der Waals surface area contributed by atoms with Crippen molar-refractivity contribution in [3.05, 3.63) is 53.9 Å². The van der Waals surface area contributed by atoms with E-state index in [0.29, 0.717) is 25.9 Å². The second-order valence-corrected chi connectivity index (χ2v) is 6.32. The summed E-state index contributed by atoms with van der Waals surface area (Å²) < 4.78 is 1.68. The van der Waals surface area contributed by atoms with Crippen molar-refractivity contribution in [1.82, 2.24) is 20.0 Å². The molecule has 1 aliphatic heterocycles. The molecule has 6 heteroatoms. The van der Waals surface area contributed by atoms with Crippen molar-refractivity contribution in [3.8, 4) is 0 Å². The average molecular weight is 340 g/mol. The van der Waals surface area contributed by atoms with E-state index in [1.54, 1.807) is 17.1 Å². The zero-order valence-electron chi connectivity index (χ0n) is 14.5. The monoisotopic (exact) mass is 340 g/mol. The van der Waals surface area contributed by atoms with Gasteiger partial charge in [-0.2, -0.15) is 5.10 Å². The minimum atomic E-state index is -0.303. The van der Waals surface area contributed by atoms with Crippen molar-refractivity contribution in [3.63, 3.8) is 0 Å². The molecule has 0 radical (unpaired) electrons. The van der Waals surface area contributed by atoms with Crippen molar-refractivity contribution in [1.29, 1.82) is 0 Å². The van der Waals surface area contributed by atoms with Gasteiger partial charge in [0.05, 0.1) is 0 Å². The molecule has 6 nitrogen and oxygen atoms in total. The average Bonchev–Trinajstić information content (AvgIpc) is 3.28. The van der Waals surface area contributed by atoms with Crippen molar-refractivity contribution >= 4 is 11.8 Å². The van der Waals surface area contributed by atoms with Crippen LogP contribution in [0.1, 0.15) is 43.4 Å². The Bertz CT molecular complexity index is 727. The molecular formula is C19H24N4O2. The third-order valence-electron chi connectivity index (χ3n) is 4.64. The van der Waals surface area contributed by atoms with Crippen LogP contribution < -0.4 is 5.32 Å². The Morgan fingerprint density at radius 1 is 1.28 bits per heavy atom. The molecule has 1 saturated heterocycles. The number of aromatic nitrogens is 2. The van der Waals surface area contributed by atoms with Gasteiger partial charge >= 0.3 is 0 Å². The summed E-state index contributed by atoms with van der Waals surface area (Å²) >= 11 is 0. The first-order valence-electron chi connectivity index (χ1n) is 8.80. The van der Waals surface area contributed by atoms with E-state index < -0.39 is 0 Å². The van der Waals surface area contributed by atoms with Gasteiger partial charge in [-0.05, 0) is 30.0 Å². The van der Waals surface area contributed by atoms with Crippen LogP contribution in [0.4, 0.5) is 0 Å². The van der Waals surface area contributed by atoms with E-state index in [9.17, 15) is 9.59 Å². The Kier molecular flexibility index (Phi) is 5.48.